The van der Waals surface area contributed by atoms with Gasteiger partial charge in [-0.15, -0.1) is 0 Å². The summed E-state index contributed by atoms with van der Waals surface area (Å²) < 4.78 is 0. The Hall–Kier alpha value is -0.780. The van der Waals surface area contributed by atoms with Gasteiger partial charge in [-0.3, -0.25) is 0 Å². The van der Waals surface area contributed by atoms with Crippen LogP contribution in [0.15, 0.2) is 30.3 Å². The quantitative estimate of drug-likeness (QED) is 0.480. The van der Waals surface area contributed by atoms with Crippen LogP contribution in [0.3, 0.4) is 0 Å². The molecule has 0 aliphatic heterocycles. The molecule has 0 aromatic heterocycles. The van der Waals surface area contributed by atoms with Crippen LogP contribution < -0.4 is 0 Å². The number of rotatable bonds is 2. The van der Waals surface area contributed by atoms with Gasteiger partial charge in [-0.25, -0.2) is 0 Å². The maximum absolute atomic E-state index is 2.39. The minimum atomic E-state index is 0.687. The molecule has 3 fully saturated rings. The number of hydrogen-bond donors (Lipinski definition) is 0. The second kappa shape index (κ2) is 9.82. The second-order valence-electron chi connectivity index (χ2n) is 11.0. The SMILES string of the molecule is c1ccc(CC2CC3(CCCCCCC3)CCCC3(CCCCCC3)C2)cc1. The highest BCUT2D eigenvalue weighted by Gasteiger charge is 2.40. The largest absolute Gasteiger partial charge is 0.0622 e. The van der Waals surface area contributed by atoms with Crippen molar-refractivity contribution in [2.24, 2.45) is 16.7 Å². The third kappa shape index (κ3) is 5.43. The van der Waals surface area contributed by atoms with E-state index in [9.17, 15) is 0 Å². The third-order valence-corrected chi connectivity index (χ3v) is 8.80. The Morgan fingerprint density at radius 1 is 0.536 bits per heavy atom. The molecule has 0 N–H and O–H groups in total. The van der Waals surface area contributed by atoms with E-state index in [0.29, 0.717) is 10.8 Å². The van der Waals surface area contributed by atoms with Crippen molar-refractivity contribution in [3.63, 3.8) is 0 Å². The molecule has 3 aliphatic carbocycles. The van der Waals surface area contributed by atoms with Crippen LogP contribution in [0, 0.1) is 16.7 Å². The Labute approximate surface area is 174 Å². The van der Waals surface area contributed by atoms with Crippen LogP contribution >= 0.6 is 0 Å². The maximum Gasteiger partial charge on any atom is -0.0250 e. The van der Waals surface area contributed by atoms with Crippen LogP contribution in [0.1, 0.15) is 121 Å². The third-order valence-electron chi connectivity index (χ3n) is 8.80. The molecule has 0 heteroatoms. The van der Waals surface area contributed by atoms with E-state index in [2.05, 4.69) is 30.3 Å². The molecular formula is C28H44. The van der Waals surface area contributed by atoms with E-state index in [1.165, 1.54) is 109 Å². The van der Waals surface area contributed by atoms with E-state index in [0.717, 1.165) is 5.92 Å². The Balaban J connectivity index is 1.55. The van der Waals surface area contributed by atoms with Gasteiger partial charge >= 0.3 is 0 Å². The fourth-order valence-electron chi connectivity index (χ4n) is 7.47. The zero-order chi connectivity index (χ0) is 19.1. The molecule has 1 atom stereocenters. The van der Waals surface area contributed by atoms with Crippen LogP contribution in [0.2, 0.25) is 0 Å². The fourth-order valence-corrected chi connectivity index (χ4v) is 7.47. The first kappa shape index (κ1) is 20.5. The van der Waals surface area contributed by atoms with Gasteiger partial charge < -0.3 is 0 Å². The Bertz CT molecular complexity index is 555. The van der Waals surface area contributed by atoms with E-state index >= 15 is 0 Å². The van der Waals surface area contributed by atoms with Crippen LogP contribution in [-0.4, -0.2) is 0 Å². The number of hydrogen-bond acceptors (Lipinski definition) is 0. The Kier molecular flexibility index (Phi) is 7.18. The van der Waals surface area contributed by atoms with Gasteiger partial charge in [0.1, 0.15) is 0 Å². The summed E-state index contributed by atoms with van der Waals surface area (Å²) in [6.45, 7) is 0. The predicted molar refractivity (Wildman–Crippen MR) is 122 cm³/mol. The van der Waals surface area contributed by atoms with Gasteiger partial charge in [-0.05, 0) is 80.1 Å². The van der Waals surface area contributed by atoms with Crippen molar-refractivity contribution in [3.8, 4) is 0 Å². The fraction of sp³-hybridized carbons (Fsp3) is 0.786. The molecule has 1 unspecified atom stereocenters. The van der Waals surface area contributed by atoms with Crippen LogP contribution in [0.5, 0.6) is 0 Å². The normalized spacial score (nSPS) is 28.6. The monoisotopic (exact) mass is 380 g/mol. The van der Waals surface area contributed by atoms with Crippen molar-refractivity contribution < 1.29 is 0 Å². The van der Waals surface area contributed by atoms with Crippen molar-refractivity contribution >= 4 is 0 Å². The highest BCUT2D eigenvalue weighted by atomic mass is 14.5. The molecule has 0 radical (unpaired) electrons. The molecule has 1 aromatic rings. The molecule has 1 aromatic carbocycles. The first-order valence-electron chi connectivity index (χ1n) is 12.8. The Morgan fingerprint density at radius 3 is 1.46 bits per heavy atom. The topological polar surface area (TPSA) is 0 Å². The predicted octanol–water partition coefficient (Wildman–Crippen LogP) is 8.88. The lowest BCUT2D eigenvalue weighted by Crippen LogP contribution is -2.34. The van der Waals surface area contributed by atoms with Crippen molar-refractivity contribution in [2.45, 2.75) is 122 Å². The van der Waals surface area contributed by atoms with Crippen molar-refractivity contribution in [2.75, 3.05) is 0 Å². The highest BCUT2D eigenvalue weighted by Crippen LogP contribution is 2.53. The molecule has 0 saturated heterocycles. The number of benzene rings is 1. The first-order chi connectivity index (χ1) is 13.8. The van der Waals surface area contributed by atoms with Gasteiger partial charge in [0, 0.05) is 0 Å². The smallest absolute Gasteiger partial charge is 0.0250 e. The molecule has 0 bridgehead atoms. The summed E-state index contributed by atoms with van der Waals surface area (Å²) in [6, 6.07) is 11.5. The molecule has 0 nitrogen and oxygen atoms in total. The van der Waals surface area contributed by atoms with Gasteiger partial charge in [0.25, 0.3) is 0 Å². The summed E-state index contributed by atoms with van der Waals surface area (Å²) in [7, 11) is 0. The van der Waals surface area contributed by atoms with Crippen molar-refractivity contribution in [1.29, 1.82) is 0 Å². The molecule has 3 aliphatic rings. The lowest BCUT2D eigenvalue weighted by atomic mass is 9.59. The standard InChI is InChI=1S/C28H44/c1-2-9-16-27(17-10-3-1)20-13-21-28(18-11-4-5-12-19-28)24-26(23-27)22-25-14-7-6-8-15-25/h6-8,14-15,26H,1-5,9-13,16-24H2. The van der Waals surface area contributed by atoms with E-state index in [-0.39, 0.29) is 0 Å². The van der Waals surface area contributed by atoms with Gasteiger partial charge in [0.2, 0.25) is 0 Å². The van der Waals surface area contributed by atoms with Crippen molar-refractivity contribution in [3.05, 3.63) is 35.9 Å². The molecule has 156 valence electrons. The molecule has 0 heterocycles. The average molecular weight is 381 g/mol. The lowest BCUT2D eigenvalue weighted by Gasteiger charge is -2.46. The molecule has 28 heavy (non-hydrogen) atoms. The summed E-state index contributed by atoms with van der Waals surface area (Å²) in [5.41, 5.74) is 2.98. The van der Waals surface area contributed by atoms with E-state index in [4.69, 9.17) is 0 Å². The van der Waals surface area contributed by atoms with Gasteiger partial charge in [0.15, 0.2) is 0 Å². The summed E-state index contributed by atoms with van der Waals surface area (Å²) in [5.74, 6) is 0.917. The first-order valence-corrected chi connectivity index (χ1v) is 12.8. The minimum Gasteiger partial charge on any atom is -0.0622 e. The summed E-state index contributed by atoms with van der Waals surface area (Å²) in [5, 5.41) is 0. The van der Waals surface area contributed by atoms with E-state index in [1.54, 1.807) is 18.4 Å². The molecule has 4 rings (SSSR count). The van der Waals surface area contributed by atoms with Crippen LogP contribution in [0.4, 0.5) is 0 Å². The Morgan fingerprint density at radius 2 is 0.964 bits per heavy atom. The van der Waals surface area contributed by atoms with E-state index < -0.39 is 0 Å². The van der Waals surface area contributed by atoms with Crippen molar-refractivity contribution in [1.82, 2.24) is 0 Å². The highest BCUT2D eigenvalue weighted by molar-refractivity contribution is 5.15. The molecule has 0 amide bonds. The maximum atomic E-state index is 2.39. The molecule has 3 saturated carbocycles. The average Bonchev–Trinajstić information content (AvgIpc) is 2.90. The van der Waals surface area contributed by atoms with Crippen LogP contribution in [0.25, 0.3) is 0 Å². The lowest BCUT2D eigenvalue weighted by molar-refractivity contribution is 0.0626. The summed E-state index contributed by atoms with van der Waals surface area (Å²) >= 11 is 0. The van der Waals surface area contributed by atoms with E-state index in [1.807, 2.05) is 0 Å². The summed E-state index contributed by atoms with van der Waals surface area (Å²) in [6.07, 6.45) is 28.6. The minimum absolute atomic E-state index is 0.687. The van der Waals surface area contributed by atoms with Crippen LogP contribution in [-0.2, 0) is 6.42 Å². The van der Waals surface area contributed by atoms with Gasteiger partial charge in [0.05, 0.1) is 0 Å². The molecule has 2 spiro atoms. The summed E-state index contributed by atoms with van der Waals surface area (Å²) in [4.78, 5) is 0. The zero-order valence-corrected chi connectivity index (χ0v) is 18.4. The zero-order valence-electron chi connectivity index (χ0n) is 18.4. The molecular weight excluding hydrogens is 336 g/mol. The van der Waals surface area contributed by atoms with Gasteiger partial charge in [-0.2, -0.15) is 0 Å². The van der Waals surface area contributed by atoms with Gasteiger partial charge in [-0.1, -0.05) is 94.5 Å². The second-order valence-corrected chi connectivity index (χ2v) is 11.0.